The molecule has 0 radical (unpaired) electrons. The highest BCUT2D eigenvalue weighted by molar-refractivity contribution is 7.89. The molecule has 7 nitrogen and oxygen atoms in total. The van der Waals surface area contributed by atoms with Gasteiger partial charge in [0.2, 0.25) is 10.0 Å². The summed E-state index contributed by atoms with van der Waals surface area (Å²) in [6.45, 7) is 2.92. The number of para-hydroxylation sites is 1. The van der Waals surface area contributed by atoms with Gasteiger partial charge in [-0.25, -0.2) is 8.42 Å². The first-order valence-electron chi connectivity index (χ1n) is 10.5. The van der Waals surface area contributed by atoms with E-state index in [-0.39, 0.29) is 16.5 Å². The zero-order valence-electron chi connectivity index (χ0n) is 17.5. The zero-order chi connectivity index (χ0) is 23.2. The lowest BCUT2D eigenvalue weighted by Crippen LogP contribution is -2.54. The highest BCUT2D eigenvalue weighted by Gasteiger charge is 2.43. The molecule has 33 heavy (non-hydrogen) atoms. The maximum absolute atomic E-state index is 13.8. The fourth-order valence-electron chi connectivity index (χ4n) is 4.51. The lowest BCUT2D eigenvalue weighted by atomic mass is 10.1. The Kier molecular flexibility index (Phi) is 6.32. The lowest BCUT2D eigenvalue weighted by molar-refractivity contribution is 0.0818. The number of halogens is 3. The van der Waals surface area contributed by atoms with Crippen LogP contribution >= 0.6 is 34.8 Å². The van der Waals surface area contributed by atoms with Crippen molar-refractivity contribution in [2.45, 2.75) is 17.5 Å². The van der Waals surface area contributed by atoms with E-state index in [0.29, 0.717) is 48.4 Å². The number of benzene rings is 2. The molecule has 2 aliphatic heterocycles. The normalized spacial score (nSPS) is 20.1. The van der Waals surface area contributed by atoms with Crippen molar-refractivity contribution in [3.05, 3.63) is 75.1 Å². The van der Waals surface area contributed by atoms with Crippen molar-refractivity contribution in [1.82, 2.24) is 14.4 Å². The van der Waals surface area contributed by atoms with Crippen molar-refractivity contribution < 1.29 is 12.9 Å². The molecule has 5 rings (SSSR count). The smallest absolute Gasteiger partial charge is 0.246 e. The van der Waals surface area contributed by atoms with E-state index in [1.165, 1.54) is 16.4 Å². The summed E-state index contributed by atoms with van der Waals surface area (Å²) in [5.74, 6) is 0.706. The van der Waals surface area contributed by atoms with Crippen molar-refractivity contribution in [2.24, 2.45) is 0 Å². The van der Waals surface area contributed by atoms with Crippen molar-refractivity contribution in [3.8, 4) is 0 Å². The summed E-state index contributed by atoms with van der Waals surface area (Å²) in [5.41, 5.74) is 1.73. The van der Waals surface area contributed by atoms with Gasteiger partial charge in [-0.1, -0.05) is 52.1 Å². The van der Waals surface area contributed by atoms with Gasteiger partial charge >= 0.3 is 0 Å². The Morgan fingerprint density at radius 1 is 0.939 bits per heavy atom. The standard InChI is InChI=1S/C22H21Cl3N4O3S/c23-15-5-6-18(25)21(13-15)33(30,31)29-8-7-20-16(14-26-32-20)22(29)28-11-9-27(10-12-28)19-4-2-1-3-17(19)24/h1-6,13-14,22H,7-12H2. The number of anilines is 1. The molecule has 2 aromatic carbocycles. The predicted molar refractivity (Wildman–Crippen MR) is 129 cm³/mol. The molecule has 11 heteroatoms. The van der Waals surface area contributed by atoms with Gasteiger partial charge in [0, 0.05) is 49.7 Å². The van der Waals surface area contributed by atoms with E-state index in [1.54, 1.807) is 12.3 Å². The maximum atomic E-state index is 13.8. The van der Waals surface area contributed by atoms with Crippen LogP contribution in [-0.4, -0.2) is 55.5 Å². The van der Waals surface area contributed by atoms with Crippen LogP contribution in [0.4, 0.5) is 5.69 Å². The summed E-state index contributed by atoms with van der Waals surface area (Å²) in [6, 6.07) is 12.2. The summed E-state index contributed by atoms with van der Waals surface area (Å²) in [4.78, 5) is 4.35. The number of rotatable bonds is 4. The van der Waals surface area contributed by atoms with E-state index in [4.69, 9.17) is 39.3 Å². The van der Waals surface area contributed by atoms with Gasteiger partial charge in [-0.05, 0) is 30.3 Å². The Morgan fingerprint density at radius 2 is 1.70 bits per heavy atom. The minimum atomic E-state index is -3.94. The van der Waals surface area contributed by atoms with E-state index < -0.39 is 16.2 Å². The Bertz CT molecular complexity index is 1280. The highest BCUT2D eigenvalue weighted by Crippen LogP contribution is 2.39. The molecule has 0 N–H and O–H groups in total. The van der Waals surface area contributed by atoms with Crippen LogP contribution in [0.5, 0.6) is 0 Å². The molecule has 2 aliphatic rings. The highest BCUT2D eigenvalue weighted by atomic mass is 35.5. The first-order valence-corrected chi connectivity index (χ1v) is 13.1. The van der Waals surface area contributed by atoms with Gasteiger partial charge in [-0.15, -0.1) is 0 Å². The van der Waals surface area contributed by atoms with Crippen LogP contribution in [0.3, 0.4) is 0 Å². The van der Waals surface area contributed by atoms with Gasteiger partial charge in [0.05, 0.1) is 21.9 Å². The van der Waals surface area contributed by atoms with Crippen LogP contribution in [0.2, 0.25) is 15.1 Å². The maximum Gasteiger partial charge on any atom is 0.246 e. The largest absolute Gasteiger partial charge is 0.368 e. The van der Waals surface area contributed by atoms with Crippen molar-refractivity contribution in [1.29, 1.82) is 0 Å². The fraction of sp³-hybridized carbons (Fsp3) is 0.318. The molecule has 0 saturated carbocycles. The number of sulfonamides is 1. The molecular formula is C22H21Cl3N4O3S. The van der Waals surface area contributed by atoms with Crippen LogP contribution in [0.1, 0.15) is 17.5 Å². The lowest BCUT2D eigenvalue weighted by Gasteiger charge is -2.45. The van der Waals surface area contributed by atoms with Crippen LogP contribution in [-0.2, 0) is 16.4 Å². The summed E-state index contributed by atoms with van der Waals surface area (Å²) in [5, 5.41) is 5.09. The quantitative estimate of drug-likeness (QED) is 0.490. The second-order valence-corrected chi connectivity index (χ2v) is 11.1. The summed E-state index contributed by atoms with van der Waals surface area (Å²) < 4.78 is 34.4. The van der Waals surface area contributed by atoms with E-state index in [2.05, 4.69) is 15.0 Å². The minimum Gasteiger partial charge on any atom is -0.368 e. The van der Waals surface area contributed by atoms with Gasteiger partial charge in [-0.3, -0.25) is 4.90 Å². The monoisotopic (exact) mass is 526 g/mol. The van der Waals surface area contributed by atoms with Crippen LogP contribution in [0, 0.1) is 0 Å². The topological polar surface area (TPSA) is 69.9 Å². The molecule has 0 bridgehead atoms. The van der Waals surface area contributed by atoms with Gasteiger partial charge in [0.15, 0.2) is 0 Å². The number of aromatic nitrogens is 1. The SMILES string of the molecule is O=S(=O)(c1cc(Cl)ccc1Cl)N1CCc2oncc2C1N1CCN(c2ccccc2Cl)CC1. The van der Waals surface area contributed by atoms with E-state index in [9.17, 15) is 8.42 Å². The van der Waals surface area contributed by atoms with Crippen LogP contribution in [0.25, 0.3) is 0 Å². The molecular weight excluding hydrogens is 507 g/mol. The molecule has 1 fully saturated rings. The second-order valence-electron chi connectivity index (χ2n) is 7.99. The van der Waals surface area contributed by atoms with Crippen LogP contribution in [0.15, 0.2) is 58.1 Å². The molecule has 3 heterocycles. The van der Waals surface area contributed by atoms with E-state index >= 15 is 0 Å². The third-order valence-electron chi connectivity index (χ3n) is 6.12. The average Bonchev–Trinajstić information content (AvgIpc) is 3.29. The molecule has 174 valence electrons. The molecule has 0 spiro atoms. The number of hydrogen-bond donors (Lipinski definition) is 0. The second kappa shape index (κ2) is 9.09. The van der Waals surface area contributed by atoms with Gasteiger partial charge < -0.3 is 9.42 Å². The zero-order valence-corrected chi connectivity index (χ0v) is 20.6. The number of hydrogen-bond acceptors (Lipinski definition) is 6. The van der Waals surface area contributed by atoms with Crippen molar-refractivity contribution in [2.75, 3.05) is 37.6 Å². The molecule has 0 aliphatic carbocycles. The Labute approximate surface area is 207 Å². The van der Waals surface area contributed by atoms with Gasteiger partial charge in [-0.2, -0.15) is 4.31 Å². The molecule has 0 amide bonds. The minimum absolute atomic E-state index is 0.00345. The first kappa shape index (κ1) is 23.0. The fourth-order valence-corrected chi connectivity index (χ4v) is 7.10. The Hall–Kier alpha value is -1.81. The van der Waals surface area contributed by atoms with Gasteiger partial charge in [0.1, 0.15) is 16.8 Å². The molecule has 1 saturated heterocycles. The molecule has 1 aromatic heterocycles. The van der Waals surface area contributed by atoms with E-state index in [1.807, 2.05) is 24.3 Å². The number of piperazine rings is 1. The molecule has 1 unspecified atom stereocenters. The molecule has 1 atom stereocenters. The third kappa shape index (κ3) is 4.24. The summed E-state index contributed by atoms with van der Waals surface area (Å²) in [7, 11) is -3.94. The van der Waals surface area contributed by atoms with Crippen molar-refractivity contribution >= 4 is 50.5 Å². The third-order valence-corrected chi connectivity index (χ3v) is 9.01. The van der Waals surface area contributed by atoms with Crippen LogP contribution < -0.4 is 4.90 Å². The predicted octanol–water partition coefficient (Wildman–Crippen LogP) is 4.70. The molecule has 3 aromatic rings. The number of nitrogens with zero attached hydrogens (tertiary/aromatic N) is 4. The average molecular weight is 528 g/mol. The van der Waals surface area contributed by atoms with Gasteiger partial charge in [0.25, 0.3) is 0 Å². The Morgan fingerprint density at radius 3 is 2.45 bits per heavy atom. The summed E-state index contributed by atoms with van der Waals surface area (Å²) in [6.07, 6.45) is 1.50. The Balaban J connectivity index is 1.47. The van der Waals surface area contributed by atoms with E-state index in [0.717, 1.165) is 11.3 Å². The first-order chi connectivity index (χ1) is 15.9. The van der Waals surface area contributed by atoms with Crippen molar-refractivity contribution in [3.63, 3.8) is 0 Å². The summed E-state index contributed by atoms with van der Waals surface area (Å²) >= 11 is 18.8. The number of fused-ring (bicyclic) bond motifs is 1.